The fraction of sp³-hybridized carbons (Fsp3) is 0.240. The van der Waals surface area contributed by atoms with Gasteiger partial charge in [-0.05, 0) is 158 Å². The Morgan fingerprint density at radius 1 is 0.433 bits per heavy atom. The van der Waals surface area contributed by atoms with Crippen molar-refractivity contribution in [2.24, 2.45) is 11.5 Å². The summed E-state index contributed by atoms with van der Waals surface area (Å²) >= 11 is 0. The van der Waals surface area contributed by atoms with Gasteiger partial charge in [0.15, 0.2) is 46.5 Å². The normalized spacial score (nSPS) is 14.8. The third kappa shape index (κ3) is 16.3. The van der Waals surface area contributed by atoms with E-state index in [-0.39, 0.29) is 38.6 Å². The highest BCUT2D eigenvalue weighted by Gasteiger charge is 2.25. The van der Waals surface area contributed by atoms with Gasteiger partial charge < -0.3 is 57.5 Å². The molecule has 14 rings (SSSR count). The number of nitrogens with two attached hydrogens (primary N) is 2. The summed E-state index contributed by atoms with van der Waals surface area (Å²) in [6, 6.07) is 43.8. The molecule has 2 aliphatic heterocycles. The first kappa shape index (κ1) is 72.5. The summed E-state index contributed by atoms with van der Waals surface area (Å²) in [6.45, 7) is 13.4. The summed E-state index contributed by atoms with van der Waals surface area (Å²) in [6.07, 6.45) is 12.8. The number of urea groups is 1. The van der Waals surface area contributed by atoms with Crippen LogP contribution >= 0.6 is 0 Å². The molecule has 2 atom stereocenters. The fourth-order valence-electron chi connectivity index (χ4n) is 11.7. The van der Waals surface area contributed by atoms with Crippen LogP contribution in [-0.4, -0.2) is 142 Å². The number of sulfone groups is 3. The lowest BCUT2D eigenvalue weighted by Crippen LogP contribution is -2.42. The van der Waals surface area contributed by atoms with Crippen molar-refractivity contribution in [3.05, 3.63) is 200 Å². The van der Waals surface area contributed by atoms with E-state index >= 15 is 0 Å². The number of amides is 4. The molecule has 11 N–H and O–H groups in total. The van der Waals surface area contributed by atoms with Crippen LogP contribution in [0.1, 0.15) is 81.5 Å². The van der Waals surface area contributed by atoms with Gasteiger partial charge in [0, 0.05) is 102 Å². The molecule has 4 amide bonds. The van der Waals surface area contributed by atoms with Crippen LogP contribution in [0.25, 0.3) is 67.3 Å². The van der Waals surface area contributed by atoms with Gasteiger partial charge in [-0.1, -0.05) is 54.6 Å². The number of fused-ring (bicyclic) bond motifs is 3. The van der Waals surface area contributed by atoms with Gasteiger partial charge in [-0.3, -0.25) is 9.59 Å². The number of piperidine rings is 1. The minimum atomic E-state index is -3.36. The summed E-state index contributed by atoms with van der Waals surface area (Å²) in [5.41, 5.74) is 24.5. The number of nitrogens with zero attached hydrogens (tertiary/aromatic N) is 8. The van der Waals surface area contributed by atoms with Crippen molar-refractivity contribution in [1.29, 1.82) is 0 Å². The standard InChI is InChI=1S/C27H30N6O3S.C26H28N6O3S.C22H21N5O3S/c1-17(2)37(35,36)22-11-7-18(8-12-22)23-14-29-26-25(31-23)24(15-30-26)32-27(34)19-5-9-21(10-6-19)33-13-3-4-20(28)16-33;1-16(2)36(34,35)21-9-5-17(6-10-21)22-13-28-25-24(30-22)23(14-29-25)31-26(33)18-3-7-20(8-4-18)32-12-11-19(27)15-32;1-14(2)31(29,30)17-10-8-15(9-11-17)18-12-23-21-20(26-18)19(13-24-21)27-22(28)25-16-6-4-3-5-7-16/h5-12,14-15,17,20H,3-4,13,16,28H2,1-2H3,(H,29,30)(H,32,34);3-10,13-14,16,19H,11-12,15,27H2,1-2H3,(H,28,29)(H,31,33);3-14H,1-2H3,(H,23,24)(H2,25,27,28)/t20-;19-;/m01./s1. The SMILES string of the molecule is CC(C)S(=O)(=O)c1ccc(-c2cnc3[nH]cc(NC(=O)Nc4ccccc4)c3n2)cc1.CC(C)S(=O)(=O)c1ccc(-c2cnc3[nH]cc(NC(=O)c4ccc(N5CCC[C@H](N)C5)cc4)c3n2)cc1.CC(C)S(=O)(=O)c1ccc(-c2cnc3[nH]cc(NC(=O)c4ccc(N5CC[C@@H](N)C5)cc4)c3n2)cc1. The average Bonchev–Trinajstić information content (AvgIpc) is 1.73. The van der Waals surface area contributed by atoms with Crippen LogP contribution in [0.4, 0.5) is 38.9 Å². The Hall–Kier alpha value is -11.2. The van der Waals surface area contributed by atoms with Crippen molar-refractivity contribution >= 4 is 115 Å². The smallest absolute Gasteiger partial charge is 0.323 e. The van der Waals surface area contributed by atoms with Crippen LogP contribution in [0.5, 0.6) is 0 Å². The molecule has 104 heavy (non-hydrogen) atoms. The molecule has 0 unspecified atom stereocenters. The topological polar surface area (TPSA) is 385 Å². The van der Waals surface area contributed by atoms with E-state index in [1.165, 1.54) is 0 Å². The number of benzene rings is 6. The molecular weight excluding hydrogens is 1380 g/mol. The lowest BCUT2D eigenvalue weighted by atomic mass is 10.1. The minimum absolute atomic E-state index is 0.176. The van der Waals surface area contributed by atoms with E-state index in [0.717, 1.165) is 73.5 Å². The molecule has 2 aliphatic rings. The molecule has 26 nitrogen and oxygen atoms in total. The van der Waals surface area contributed by atoms with E-state index < -0.39 is 51.3 Å². The van der Waals surface area contributed by atoms with E-state index in [4.69, 9.17) is 11.5 Å². The molecule has 2 fully saturated rings. The van der Waals surface area contributed by atoms with Crippen LogP contribution in [0.3, 0.4) is 0 Å². The number of rotatable bonds is 17. The van der Waals surface area contributed by atoms with Gasteiger partial charge in [-0.25, -0.2) is 60.0 Å². The molecular formula is C75H79N17O9S3. The van der Waals surface area contributed by atoms with Gasteiger partial charge in [-0.2, -0.15) is 0 Å². The molecule has 6 aromatic carbocycles. The third-order valence-corrected chi connectivity index (χ3v) is 24.4. The van der Waals surface area contributed by atoms with Crippen LogP contribution in [0.2, 0.25) is 0 Å². The Morgan fingerprint density at radius 3 is 1.12 bits per heavy atom. The molecule has 12 aromatic rings. The number of hydrogen-bond acceptors (Lipinski definition) is 19. The highest BCUT2D eigenvalue weighted by atomic mass is 32.2. The molecule has 0 aliphatic carbocycles. The average molecular weight is 1460 g/mol. The molecule has 2 saturated heterocycles. The van der Waals surface area contributed by atoms with Crippen LogP contribution in [0.15, 0.2) is 204 Å². The molecule has 536 valence electrons. The number of H-pyrrole nitrogens is 3. The quantitative estimate of drug-likeness (QED) is 0.0409. The van der Waals surface area contributed by atoms with E-state index in [0.29, 0.717) is 84.4 Å². The molecule has 0 saturated carbocycles. The zero-order chi connectivity index (χ0) is 73.6. The van der Waals surface area contributed by atoms with Gasteiger partial charge in [0.1, 0.15) is 16.6 Å². The second-order valence-electron chi connectivity index (χ2n) is 26.1. The molecule has 6 aromatic heterocycles. The number of anilines is 6. The number of aromatic amines is 3. The van der Waals surface area contributed by atoms with Gasteiger partial charge in [0.05, 0.1) is 83.2 Å². The van der Waals surface area contributed by atoms with Gasteiger partial charge >= 0.3 is 6.03 Å². The first-order valence-electron chi connectivity index (χ1n) is 33.8. The van der Waals surface area contributed by atoms with Crippen molar-refractivity contribution < 1.29 is 39.6 Å². The zero-order valence-electron chi connectivity index (χ0n) is 57.9. The van der Waals surface area contributed by atoms with Crippen LogP contribution in [0, 0.1) is 0 Å². The zero-order valence-corrected chi connectivity index (χ0v) is 60.3. The maximum Gasteiger partial charge on any atom is 0.323 e. The summed E-state index contributed by atoms with van der Waals surface area (Å²) in [4.78, 5) is 79.7. The summed E-state index contributed by atoms with van der Waals surface area (Å²) in [7, 11) is -10.1. The maximum atomic E-state index is 13.0. The van der Waals surface area contributed by atoms with E-state index in [9.17, 15) is 39.6 Å². The van der Waals surface area contributed by atoms with Gasteiger partial charge in [0.25, 0.3) is 11.8 Å². The molecule has 0 spiro atoms. The van der Waals surface area contributed by atoms with E-state index in [1.54, 1.807) is 176 Å². The Bertz CT molecular complexity index is 5450. The third-order valence-electron chi connectivity index (χ3n) is 17.9. The first-order valence-corrected chi connectivity index (χ1v) is 38.4. The highest BCUT2D eigenvalue weighted by Crippen LogP contribution is 2.32. The number of aromatic nitrogens is 9. The van der Waals surface area contributed by atoms with E-state index in [1.807, 2.05) is 54.6 Å². The second kappa shape index (κ2) is 30.8. The lowest BCUT2D eigenvalue weighted by Gasteiger charge is -2.32. The second-order valence-corrected chi connectivity index (χ2v) is 33.6. The molecule has 0 radical (unpaired) electrons. The van der Waals surface area contributed by atoms with Crippen molar-refractivity contribution in [3.63, 3.8) is 0 Å². The maximum absolute atomic E-state index is 13.0. The number of nitrogens with one attached hydrogen (secondary N) is 7. The van der Waals surface area contributed by atoms with Crippen molar-refractivity contribution in [2.45, 2.75) is 103 Å². The van der Waals surface area contributed by atoms with Gasteiger partial charge in [-0.15, -0.1) is 0 Å². The monoisotopic (exact) mass is 1460 g/mol. The molecule has 29 heteroatoms. The van der Waals surface area contributed by atoms with Crippen molar-refractivity contribution in [2.75, 3.05) is 57.2 Å². The minimum Gasteiger partial charge on any atom is -0.370 e. The van der Waals surface area contributed by atoms with Crippen LogP contribution in [-0.2, 0) is 29.5 Å². The highest BCUT2D eigenvalue weighted by molar-refractivity contribution is 7.92. The predicted octanol–water partition coefficient (Wildman–Crippen LogP) is 12.0. The molecule has 0 bridgehead atoms. The summed E-state index contributed by atoms with van der Waals surface area (Å²) in [5, 5.41) is 9.86. The summed E-state index contributed by atoms with van der Waals surface area (Å²) < 4.78 is 74.3. The summed E-state index contributed by atoms with van der Waals surface area (Å²) in [5.74, 6) is -0.505. The lowest BCUT2D eigenvalue weighted by molar-refractivity contribution is 0.101. The van der Waals surface area contributed by atoms with Crippen molar-refractivity contribution in [1.82, 2.24) is 44.9 Å². The number of carbonyl (C=O) groups is 3. The Morgan fingerprint density at radius 2 is 0.779 bits per heavy atom. The van der Waals surface area contributed by atoms with E-state index in [2.05, 4.69) is 75.9 Å². The number of carbonyl (C=O) groups excluding carboxylic acids is 3. The van der Waals surface area contributed by atoms with Gasteiger partial charge in [0.2, 0.25) is 0 Å². The Kier molecular flexibility index (Phi) is 21.5. The Balaban J connectivity index is 0.000000147. The first-order chi connectivity index (χ1) is 49.8. The Labute approximate surface area is 601 Å². The largest absolute Gasteiger partial charge is 0.370 e. The molecule has 8 heterocycles. The number of para-hydroxylation sites is 1. The van der Waals surface area contributed by atoms with Crippen LogP contribution < -0.4 is 42.5 Å². The fourth-order valence-corrected chi connectivity index (χ4v) is 14.9. The van der Waals surface area contributed by atoms with Crippen molar-refractivity contribution in [3.8, 4) is 33.8 Å². The number of hydrogen-bond donors (Lipinski definition) is 9. The predicted molar refractivity (Wildman–Crippen MR) is 407 cm³/mol.